The lowest BCUT2D eigenvalue weighted by molar-refractivity contribution is -0.162. The Morgan fingerprint density at radius 2 is 1.93 bits per heavy atom. The molecule has 2 aliphatic rings. The normalized spacial score (nSPS) is 26.9. The summed E-state index contributed by atoms with van der Waals surface area (Å²) in [6.07, 6.45) is 5.84. The third-order valence-electron chi connectivity index (χ3n) is 3.65. The molecular formula is C11H19NO2. The van der Waals surface area contributed by atoms with E-state index in [1.165, 1.54) is 19.3 Å². The van der Waals surface area contributed by atoms with Crippen molar-refractivity contribution in [2.24, 2.45) is 17.1 Å². The molecule has 2 rings (SSSR count). The van der Waals surface area contributed by atoms with Crippen molar-refractivity contribution < 1.29 is 9.53 Å². The zero-order chi connectivity index (χ0) is 10.0. The number of nitrogens with two attached hydrogens (primary N) is 1. The highest BCUT2D eigenvalue weighted by molar-refractivity contribution is 5.88. The summed E-state index contributed by atoms with van der Waals surface area (Å²) >= 11 is 0. The zero-order valence-corrected chi connectivity index (χ0v) is 8.63. The molecule has 1 aliphatic carbocycles. The van der Waals surface area contributed by atoms with Gasteiger partial charge >= 0.3 is 0 Å². The van der Waals surface area contributed by atoms with Crippen molar-refractivity contribution in [3.63, 3.8) is 0 Å². The zero-order valence-electron chi connectivity index (χ0n) is 8.63. The van der Waals surface area contributed by atoms with Crippen LogP contribution in [0.1, 0.15) is 32.1 Å². The van der Waals surface area contributed by atoms with E-state index < -0.39 is 0 Å². The predicted octanol–water partition coefficient (Wildman–Crippen LogP) is 1.11. The minimum Gasteiger partial charge on any atom is -0.379 e. The smallest absolute Gasteiger partial charge is 0.148 e. The van der Waals surface area contributed by atoms with Gasteiger partial charge in [-0.05, 0) is 12.8 Å². The van der Waals surface area contributed by atoms with Gasteiger partial charge in [-0.2, -0.15) is 0 Å². The first-order valence-corrected chi connectivity index (χ1v) is 5.61. The van der Waals surface area contributed by atoms with Gasteiger partial charge in [-0.1, -0.05) is 19.3 Å². The number of carbonyl (C=O) groups excluding carboxylic acids is 1. The molecule has 0 aromatic heterocycles. The standard InChI is InChI=1S/C11H19NO2/c12-6-11(7-14-8-11)10(13)9-4-2-1-3-5-9/h9H,1-8,12H2. The number of ketones is 1. The van der Waals surface area contributed by atoms with Crippen LogP contribution in [0, 0.1) is 11.3 Å². The first-order valence-electron chi connectivity index (χ1n) is 5.61. The van der Waals surface area contributed by atoms with Gasteiger partial charge in [0.2, 0.25) is 0 Å². The van der Waals surface area contributed by atoms with Gasteiger partial charge in [0.15, 0.2) is 0 Å². The fraction of sp³-hybridized carbons (Fsp3) is 0.909. The molecule has 2 fully saturated rings. The van der Waals surface area contributed by atoms with Gasteiger partial charge in [0.1, 0.15) is 5.78 Å². The van der Waals surface area contributed by atoms with Crippen molar-refractivity contribution in [3.8, 4) is 0 Å². The number of rotatable bonds is 3. The third-order valence-corrected chi connectivity index (χ3v) is 3.65. The molecule has 2 N–H and O–H groups in total. The lowest BCUT2D eigenvalue weighted by atomic mass is 9.72. The van der Waals surface area contributed by atoms with Crippen LogP contribution in [0.5, 0.6) is 0 Å². The van der Waals surface area contributed by atoms with E-state index >= 15 is 0 Å². The highest BCUT2D eigenvalue weighted by atomic mass is 16.5. The maximum Gasteiger partial charge on any atom is 0.148 e. The van der Waals surface area contributed by atoms with Crippen molar-refractivity contribution in [1.29, 1.82) is 0 Å². The number of hydrogen-bond acceptors (Lipinski definition) is 3. The Labute approximate surface area is 85.0 Å². The molecule has 3 heteroatoms. The van der Waals surface area contributed by atoms with Crippen molar-refractivity contribution in [3.05, 3.63) is 0 Å². The average Bonchev–Trinajstić information content (AvgIpc) is 2.18. The first-order chi connectivity index (χ1) is 6.78. The van der Waals surface area contributed by atoms with Gasteiger partial charge in [0.25, 0.3) is 0 Å². The third kappa shape index (κ3) is 1.59. The van der Waals surface area contributed by atoms with Gasteiger partial charge in [-0.25, -0.2) is 0 Å². The highest BCUT2D eigenvalue weighted by Crippen LogP contribution is 2.35. The Morgan fingerprint density at radius 3 is 2.36 bits per heavy atom. The molecule has 0 atom stereocenters. The fourth-order valence-corrected chi connectivity index (χ4v) is 2.51. The van der Waals surface area contributed by atoms with E-state index in [4.69, 9.17) is 10.5 Å². The summed E-state index contributed by atoms with van der Waals surface area (Å²) in [5.41, 5.74) is 5.37. The summed E-state index contributed by atoms with van der Waals surface area (Å²) in [4.78, 5) is 12.2. The second-order valence-electron chi connectivity index (χ2n) is 4.68. The van der Waals surface area contributed by atoms with E-state index in [1.54, 1.807) is 0 Å². The van der Waals surface area contributed by atoms with E-state index in [9.17, 15) is 4.79 Å². The van der Waals surface area contributed by atoms with Crippen molar-refractivity contribution >= 4 is 5.78 Å². The quantitative estimate of drug-likeness (QED) is 0.737. The maximum atomic E-state index is 12.2. The Hall–Kier alpha value is -0.410. The molecule has 0 spiro atoms. The minimum absolute atomic E-state index is 0.274. The molecule has 3 nitrogen and oxygen atoms in total. The van der Waals surface area contributed by atoms with Gasteiger partial charge < -0.3 is 10.5 Å². The van der Waals surface area contributed by atoms with E-state index in [2.05, 4.69) is 0 Å². The van der Waals surface area contributed by atoms with E-state index in [0.29, 0.717) is 25.5 Å². The molecule has 0 unspecified atom stereocenters. The molecule has 0 bridgehead atoms. The fourth-order valence-electron chi connectivity index (χ4n) is 2.51. The highest BCUT2D eigenvalue weighted by Gasteiger charge is 2.46. The van der Waals surface area contributed by atoms with Crippen molar-refractivity contribution in [2.45, 2.75) is 32.1 Å². The second-order valence-corrected chi connectivity index (χ2v) is 4.68. The number of hydrogen-bond donors (Lipinski definition) is 1. The largest absolute Gasteiger partial charge is 0.379 e. The molecule has 14 heavy (non-hydrogen) atoms. The van der Waals surface area contributed by atoms with Gasteiger partial charge in [-0.3, -0.25) is 4.79 Å². The Bertz CT molecular complexity index is 212. The molecule has 1 saturated heterocycles. The Morgan fingerprint density at radius 1 is 1.29 bits per heavy atom. The maximum absolute atomic E-state index is 12.2. The van der Waals surface area contributed by atoms with E-state index in [-0.39, 0.29) is 11.3 Å². The van der Waals surface area contributed by atoms with Crippen LogP contribution in [-0.2, 0) is 9.53 Å². The molecule has 80 valence electrons. The van der Waals surface area contributed by atoms with Gasteiger partial charge in [0.05, 0.1) is 18.6 Å². The SMILES string of the molecule is NCC1(C(=O)C2CCCCC2)COC1. The summed E-state index contributed by atoms with van der Waals surface area (Å²) in [6, 6.07) is 0. The Balaban J connectivity index is 1.98. The van der Waals surface area contributed by atoms with Crippen molar-refractivity contribution in [2.75, 3.05) is 19.8 Å². The molecular weight excluding hydrogens is 178 g/mol. The van der Waals surface area contributed by atoms with Crippen LogP contribution in [0.25, 0.3) is 0 Å². The van der Waals surface area contributed by atoms with Gasteiger partial charge in [0, 0.05) is 12.5 Å². The molecule has 1 saturated carbocycles. The van der Waals surface area contributed by atoms with Crippen LogP contribution in [0.2, 0.25) is 0 Å². The predicted molar refractivity (Wildman–Crippen MR) is 53.9 cm³/mol. The van der Waals surface area contributed by atoms with Crippen LogP contribution in [-0.4, -0.2) is 25.5 Å². The monoisotopic (exact) mass is 197 g/mol. The summed E-state index contributed by atoms with van der Waals surface area (Å²) in [6.45, 7) is 1.57. The summed E-state index contributed by atoms with van der Waals surface area (Å²) in [5.74, 6) is 0.655. The van der Waals surface area contributed by atoms with Crippen LogP contribution in [0.15, 0.2) is 0 Å². The second kappa shape index (κ2) is 3.99. The van der Waals surface area contributed by atoms with Crippen molar-refractivity contribution in [1.82, 2.24) is 0 Å². The average molecular weight is 197 g/mol. The van der Waals surface area contributed by atoms with E-state index in [1.807, 2.05) is 0 Å². The molecule has 0 amide bonds. The van der Waals surface area contributed by atoms with Crippen LogP contribution >= 0.6 is 0 Å². The molecule has 1 aliphatic heterocycles. The van der Waals surface area contributed by atoms with Crippen LogP contribution < -0.4 is 5.73 Å². The molecule has 0 aromatic rings. The lowest BCUT2D eigenvalue weighted by Crippen LogP contribution is -2.56. The summed E-state index contributed by atoms with van der Waals surface area (Å²) < 4.78 is 5.14. The molecule has 1 heterocycles. The lowest BCUT2D eigenvalue weighted by Gasteiger charge is -2.41. The number of carbonyl (C=O) groups is 1. The summed E-state index contributed by atoms with van der Waals surface area (Å²) in [7, 11) is 0. The van der Waals surface area contributed by atoms with Crippen LogP contribution in [0.4, 0.5) is 0 Å². The Kier molecular flexibility index (Phi) is 2.88. The molecule has 0 aromatic carbocycles. The molecule has 0 radical (unpaired) electrons. The number of Topliss-reactive ketones (excluding diaryl/α,β-unsaturated/α-hetero) is 1. The number of ether oxygens (including phenoxy) is 1. The van der Waals surface area contributed by atoms with Crippen LogP contribution in [0.3, 0.4) is 0 Å². The van der Waals surface area contributed by atoms with Gasteiger partial charge in [-0.15, -0.1) is 0 Å². The minimum atomic E-state index is -0.304. The van der Waals surface area contributed by atoms with E-state index in [0.717, 1.165) is 12.8 Å². The first kappa shape index (κ1) is 10.1. The topological polar surface area (TPSA) is 52.3 Å². The summed E-state index contributed by atoms with van der Waals surface area (Å²) in [5, 5.41) is 0.